The minimum absolute atomic E-state index is 0.867. The molecule has 2 aliphatic carbocycles. The van der Waals surface area contributed by atoms with Crippen molar-refractivity contribution in [3.8, 4) is 0 Å². The van der Waals surface area contributed by atoms with Gasteiger partial charge in [0.2, 0.25) is 0 Å². The van der Waals surface area contributed by atoms with Crippen molar-refractivity contribution in [3.63, 3.8) is 0 Å². The number of rotatable bonds is 3. The van der Waals surface area contributed by atoms with Gasteiger partial charge in [0.25, 0.3) is 0 Å². The Bertz CT molecular complexity index is 402. The predicted molar refractivity (Wildman–Crippen MR) is 69.1 cm³/mol. The number of aromatic nitrogens is 2. The third-order valence-electron chi connectivity index (χ3n) is 4.18. The maximum atomic E-state index is 4.45. The first-order valence-corrected chi connectivity index (χ1v) is 6.91. The number of hydrogen-bond donors (Lipinski definition) is 1. The van der Waals surface area contributed by atoms with E-state index in [1.165, 1.54) is 36.9 Å². The molecule has 0 saturated heterocycles. The summed E-state index contributed by atoms with van der Waals surface area (Å²) in [5.74, 6) is 2.88. The smallest absolute Gasteiger partial charge is 0.132 e. The molecule has 2 atom stereocenters. The minimum Gasteiger partial charge on any atom is -0.369 e. The van der Waals surface area contributed by atoms with Crippen molar-refractivity contribution in [1.29, 1.82) is 0 Å². The molecule has 0 aromatic carbocycles. The quantitative estimate of drug-likeness (QED) is 0.813. The average molecular weight is 231 g/mol. The van der Waals surface area contributed by atoms with Crippen LogP contribution >= 0.6 is 0 Å². The Kier molecular flexibility index (Phi) is 3.00. The third kappa shape index (κ3) is 2.43. The van der Waals surface area contributed by atoms with Gasteiger partial charge in [-0.2, -0.15) is 0 Å². The largest absolute Gasteiger partial charge is 0.369 e. The van der Waals surface area contributed by atoms with E-state index >= 15 is 0 Å². The van der Waals surface area contributed by atoms with Gasteiger partial charge < -0.3 is 5.32 Å². The van der Waals surface area contributed by atoms with Crippen molar-refractivity contribution in [2.45, 2.75) is 45.4 Å². The zero-order valence-corrected chi connectivity index (χ0v) is 10.6. The molecule has 0 radical (unpaired) electrons. The highest BCUT2D eigenvalue weighted by Gasteiger charge is 2.32. The molecule has 1 heterocycles. The fraction of sp³-hybridized carbons (Fsp3) is 0.714. The van der Waals surface area contributed by atoms with Crippen LogP contribution < -0.4 is 5.32 Å². The van der Waals surface area contributed by atoms with E-state index in [0.29, 0.717) is 0 Å². The normalized spacial score (nSPS) is 27.1. The molecule has 2 unspecified atom stereocenters. The fourth-order valence-electron chi connectivity index (χ4n) is 2.76. The standard InChI is InChI=1S/C14H21N3/c1-10-7-11(10)8-15-14-12-5-3-2-4-6-13(12)16-9-17-14/h9-11H,2-8H2,1H3,(H,15,16,17). The summed E-state index contributed by atoms with van der Waals surface area (Å²) in [6.45, 7) is 3.41. The van der Waals surface area contributed by atoms with Crippen LogP contribution in [0.2, 0.25) is 0 Å². The molecule has 3 nitrogen and oxygen atoms in total. The molecule has 17 heavy (non-hydrogen) atoms. The molecule has 2 aliphatic rings. The summed E-state index contributed by atoms with van der Waals surface area (Å²) in [6, 6.07) is 0. The number of anilines is 1. The van der Waals surface area contributed by atoms with Crippen LogP contribution in [0.25, 0.3) is 0 Å². The van der Waals surface area contributed by atoms with Crippen LogP contribution in [0.4, 0.5) is 5.82 Å². The number of nitrogens with zero attached hydrogens (tertiary/aromatic N) is 2. The average Bonchev–Trinajstić information content (AvgIpc) is 3.08. The molecule has 1 aromatic rings. The zero-order chi connectivity index (χ0) is 11.7. The summed E-state index contributed by atoms with van der Waals surface area (Å²) in [7, 11) is 0. The summed E-state index contributed by atoms with van der Waals surface area (Å²) >= 11 is 0. The van der Waals surface area contributed by atoms with E-state index in [2.05, 4.69) is 22.2 Å². The second kappa shape index (κ2) is 4.63. The van der Waals surface area contributed by atoms with E-state index < -0.39 is 0 Å². The van der Waals surface area contributed by atoms with E-state index in [9.17, 15) is 0 Å². The predicted octanol–water partition coefficient (Wildman–Crippen LogP) is 2.81. The van der Waals surface area contributed by atoms with E-state index in [1.54, 1.807) is 6.33 Å². The molecular formula is C14H21N3. The van der Waals surface area contributed by atoms with Crippen LogP contribution in [-0.2, 0) is 12.8 Å². The van der Waals surface area contributed by atoms with E-state index in [-0.39, 0.29) is 0 Å². The van der Waals surface area contributed by atoms with Gasteiger partial charge in [0.15, 0.2) is 0 Å². The first kappa shape index (κ1) is 11.0. The lowest BCUT2D eigenvalue weighted by molar-refractivity contribution is 0.708. The molecule has 1 fully saturated rings. The molecule has 1 saturated carbocycles. The Morgan fingerprint density at radius 2 is 2.06 bits per heavy atom. The Labute approximate surface area is 103 Å². The maximum absolute atomic E-state index is 4.45. The molecule has 0 bridgehead atoms. The second-order valence-electron chi connectivity index (χ2n) is 5.56. The topological polar surface area (TPSA) is 37.8 Å². The van der Waals surface area contributed by atoms with Crippen molar-refractivity contribution in [1.82, 2.24) is 9.97 Å². The maximum Gasteiger partial charge on any atom is 0.132 e. The van der Waals surface area contributed by atoms with Gasteiger partial charge >= 0.3 is 0 Å². The monoisotopic (exact) mass is 231 g/mol. The lowest BCUT2D eigenvalue weighted by atomic mass is 10.1. The third-order valence-corrected chi connectivity index (χ3v) is 4.18. The van der Waals surface area contributed by atoms with Gasteiger partial charge in [-0.15, -0.1) is 0 Å². The summed E-state index contributed by atoms with van der Waals surface area (Å²) in [4.78, 5) is 8.88. The van der Waals surface area contributed by atoms with Gasteiger partial charge in [-0.1, -0.05) is 13.3 Å². The molecule has 92 valence electrons. The minimum atomic E-state index is 0.867. The van der Waals surface area contributed by atoms with E-state index in [1.807, 2.05) is 0 Å². The first-order valence-electron chi connectivity index (χ1n) is 6.91. The molecule has 0 aliphatic heterocycles. The van der Waals surface area contributed by atoms with Crippen LogP contribution in [0.15, 0.2) is 6.33 Å². The summed E-state index contributed by atoms with van der Waals surface area (Å²) in [5.41, 5.74) is 2.67. The first-order chi connectivity index (χ1) is 8.34. The number of fused-ring (bicyclic) bond motifs is 1. The number of hydrogen-bond acceptors (Lipinski definition) is 3. The Balaban J connectivity index is 1.74. The number of nitrogens with one attached hydrogen (secondary N) is 1. The molecule has 1 N–H and O–H groups in total. The van der Waals surface area contributed by atoms with Crippen molar-refractivity contribution in [3.05, 3.63) is 17.6 Å². The molecule has 1 aromatic heterocycles. The number of aryl methyl sites for hydroxylation is 1. The Morgan fingerprint density at radius 1 is 1.24 bits per heavy atom. The highest BCUT2D eigenvalue weighted by atomic mass is 15.0. The van der Waals surface area contributed by atoms with E-state index in [0.717, 1.165) is 37.0 Å². The second-order valence-corrected chi connectivity index (χ2v) is 5.56. The SMILES string of the molecule is CC1CC1CNc1ncnc2c1CCCCC2. The zero-order valence-electron chi connectivity index (χ0n) is 10.6. The molecule has 0 amide bonds. The Hall–Kier alpha value is -1.12. The van der Waals surface area contributed by atoms with Gasteiger partial charge in [-0.25, -0.2) is 9.97 Å². The van der Waals surface area contributed by atoms with Gasteiger partial charge in [-0.05, 0) is 43.9 Å². The van der Waals surface area contributed by atoms with Crippen LogP contribution in [0.1, 0.15) is 43.9 Å². The summed E-state index contributed by atoms with van der Waals surface area (Å²) < 4.78 is 0. The summed E-state index contributed by atoms with van der Waals surface area (Å²) in [6.07, 6.45) is 9.28. The van der Waals surface area contributed by atoms with Crippen LogP contribution in [0.3, 0.4) is 0 Å². The van der Waals surface area contributed by atoms with Crippen LogP contribution in [-0.4, -0.2) is 16.5 Å². The van der Waals surface area contributed by atoms with Crippen molar-refractivity contribution < 1.29 is 0 Å². The van der Waals surface area contributed by atoms with E-state index in [4.69, 9.17) is 0 Å². The van der Waals surface area contributed by atoms with Crippen molar-refractivity contribution in [2.75, 3.05) is 11.9 Å². The lowest BCUT2D eigenvalue weighted by Gasteiger charge is -2.12. The molecule has 0 spiro atoms. The molecular weight excluding hydrogens is 210 g/mol. The summed E-state index contributed by atoms with van der Waals surface area (Å²) in [5, 5.41) is 3.54. The highest BCUT2D eigenvalue weighted by Crippen LogP contribution is 2.37. The molecule has 3 heteroatoms. The van der Waals surface area contributed by atoms with Crippen LogP contribution in [0.5, 0.6) is 0 Å². The fourth-order valence-corrected chi connectivity index (χ4v) is 2.76. The Morgan fingerprint density at radius 3 is 2.88 bits per heavy atom. The van der Waals surface area contributed by atoms with Gasteiger partial charge in [0.05, 0.1) is 0 Å². The van der Waals surface area contributed by atoms with Crippen LogP contribution in [0, 0.1) is 11.8 Å². The van der Waals surface area contributed by atoms with Crippen molar-refractivity contribution in [2.24, 2.45) is 11.8 Å². The van der Waals surface area contributed by atoms with Gasteiger partial charge in [-0.3, -0.25) is 0 Å². The molecule has 3 rings (SSSR count). The van der Waals surface area contributed by atoms with Gasteiger partial charge in [0.1, 0.15) is 12.1 Å². The van der Waals surface area contributed by atoms with Gasteiger partial charge in [0, 0.05) is 17.8 Å². The lowest BCUT2D eigenvalue weighted by Crippen LogP contribution is -2.10. The highest BCUT2D eigenvalue weighted by molar-refractivity contribution is 5.46. The van der Waals surface area contributed by atoms with Crippen molar-refractivity contribution >= 4 is 5.82 Å².